The van der Waals surface area contributed by atoms with Gasteiger partial charge in [0, 0.05) is 4.21 Å². The van der Waals surface area contributed by atoms with Crippen molar-refractivity contribution >= 4 is 10.8 Å². The van der Waals surface area contributed by atoms with Crippen LogP contribution < -0.4 is 5.90 Å². The molecular weight excluding hydrogens is 302 g/mol. The van der Waals surface area contributed by atoms with E-state index in [4.69, 9.17) is 0 Å². The van der Waals surface area contributed by atoms with Crippen LogP contribution in [0.25, 0.3) is 0 Å². The molecule has 0 aromatic carbocycles. The normalized spacial score (nSPS) is 14.1. The monoisotopic (exact) mass is 337 g/mol. The van der Waals surface area contributed by atoms with E-state index in [0.29, 0.717) is 0 Å². The molecule has 0 aromatic rings. The van der Waals surface area contributed by atoms with Gasteiger partial charge in [-0.05, 0) is 10.7 Å². The predicted octanol–water partition coefficient (Wildman–Crippen LogP) is 5.05. The van der Waals surface area contributed by atoms with Crippen molar-refractivity contribution in [1.82, 2.24) is 0 Å². The molecular formula is C16H35NO4S+. The maximum Gasteiger partial charge on any atom is 0.564 e. The van der Waals surface area contributed by atoms with Gasteiger partial charge in [0.25, 0.3) is 0 Å². The minimum Gasteiger partial charge on any atom is -0.158 e. The Kier molecular flexibility index (Phi) is 15.9. The molecule has 0 aliphatic heterocycles. The van der Waals surface area contributed by atoms with Gasteiger partial charge in [0.1, 0.15) is 11.2 Å². The SMILES string of the molecule is CCCCCCCCCCCCCCCCO[S+]([O])(=O)ON. The van der Waals surface area contributed by atoms with Crippen LogP contribution in [0.15, 0.2) is 0 Å². The van der Waals surface area contributed by atoms with Crippen LogP contribution in [-0.2, 0) is 28.0 Å². The Balaban J connectivity index is 3.07. The lowest BCUT2D eigenvalue weighted by Gasteiger charge is -2.03. The van der Waals surface area contributed by atoms with Crippen molar-refractivity contribution < 1.29 is 17.2 Å². The standard InChI is InChI=1S/C16H35NO4S/c1-2-3-4-5-6-7-8-9-10-11-12-13-14-15-16-20-22(18,19)21-17/h2-17H2,1H3/q+1. The van der Waals surface area contributed by atoms with Gasteiger partial charge in [-0.25, -0.2) is 0 Å². The highest BCUT2D eigenvalue weighted by Gasteiger charge is 2.31. The van der Waals surface area contributed by atoms with Crippen LogP contribution in [0, 0.1) is 0 Å². The highest BCUT2D eigenvalue weighted by Crippen LogP contribution is 2.13. The summed E-state index contributed by atoms with van der Waals surface area (Å²) in [6.45, 7) is 2.40. The van der Waals surface area contributed by atoms with Crippen molar-refractivity contribution in [3.8, 4) is 0 Å². The molecule has 0 saturated heterocycles. The Labute approximate surface area is 137 Å². The summed E-state index contributed by atoms with van der Waals surface area (Å²) in [5.74, 6) is 4.55. The van der Waals surface area contributed by atoms with E-state index in [1.807, 2.05) is 0 Å². The van der Waals surface area contributed by atoms with Gasteiger partial charge in [0.05, 0.1) is 0 Å². The van der Waals surface area contributed by atoms with Crippen molar-refractivity contribution in [2.24, 2.45) is 5.90 Å². The average Bonchev–Trinajstić information content (AvgIpc) is 2.51. The number of unbranched alkanes of at least 4 members (excludes halogenated alkanes) is 13. The molecule has 0 aliphatic carbocycles. The first-order valence-corrected chi connectivity index (χ1v) is 10.2. The molecule has 1 atom stereocenters. The van der Waals surface area contributed by atoms with Gasteiger partial charge in [-0.3, -0.25) is 0 Å². The minimum absolute atomic E-state index is 0.150. The molecule has 2 N–H and O–H groups in total. The molecule has 0 aliphatic rings. The van der Waals surface area contributed by atoms with Gasteiger partial charge in [0.15, 0.2) is 0 Å². The highest BCUT2D eigenvalue weighted by atomic mass is 32.3. The Morgan fingerprint density at radius 2 is 1.09 bits per heavy atom. The fourth-order valence-corrected chi connectivity index (χ4v) is 2.86. The molecule has 1 unspecified atom stereocenters. The summed E-state index contributed by atoms with van der Waals surface area (Å²) in [5, 5.41) is 0. The molecule has 0 heterocycles. The quantitative estimate of drug-likeness (QED) is 0.229. The zero-order valence-corrected chi connectivity index (χ0v) is 15.0. The van der Waals surface area contributed by atoms with Crippen molar-refractivity contribution in [3.63, 3.8) is 0 Å². The first-order chi connectivity index (χ1) is 10.6. The first kappa shape index (κ1) is 22.0. The number of nitrogens with two attached hydrogens (primary N) is 1. The zero-order valence-electron chi connectivity index (χ0n) is 14.2. The van der Waals surface area contributed by atoms with Crippen LogP contribution in [0.1, 0.15) is 96.8 Å². The number of rotatable bonds is 17. The summed E-state index contributed by atoms with van der Waals surface area (Å²) < 4.78 is 29.7. The van der Waals surface area contributed by atoms with Crippen LogP contribution in [0.2, 0.25) is 0 Å². The molecule has 1 radical (unpaired) electrons. The topological polar surface area (TPSA) is 81.5 Å². The van der Waals surface area contributed by atoms with Crippen LogP contribution in [0.5, 0.6) is 0 Å². The second kappa shape index (κ2) is 15.9. The van der Waals surface area contributed by atoms with E-state index in [1.54, 1.807) is 0 Å². The summed E-state index contributed by atoms with van der Waals surface area (Å²) in [5.41, 5.74) is 0. The summed E-state index contributed by atoms with van der Waals surface area (Å²) in [4.78, 5) is 0. The van der Waals surface area contributed by atoms with Crippen molar-refractivity contribution in [3.05, 3.63) is 0 Å². The van der Waals surface area contributed by atoms with Gasteiger partial charge in [-0.15, -0.1) is 4.18 Å². The smallest absolute Gasteiger partial charge is 0.158 e. The third-order valence-electron chi connectivity index (χ3n) is 3.84. The molecule has 0 amide bonds. The first-order valence-electron chi connectivity index (χ1n) is 8.90. The minimum atomic E-state index is -3.96. The molecule has 0 bridgehead atoms. The van der Waals surface area contributed by atoms with Crippen LogP contribution in [-0.4, -0.2) is 6.61 Å². The van der Waals surface area contributed by atoms with E-state index >= 15 is 0 Å². The van der Waals surface area contributed by atoms with Gasteiger partial charge >= 0.3 is 10.8 Å². The Morgan fingerprint density at radius 3 is 1.45 bits per heavy atom. The highest BCUT2D eigenvalue weighted by molar-refractivity contribution is 7.88. The van der Waals surface area contributed by atoms with Crippen molar-refractivity contribution in [2.45, 2.75) is 96.8 Å². The van der Waals surface area contributed by atoms with E-state index in [9.17, 15) is 8.76 Å². The van der Waals surface area contributed by atoms with E-state index in [1.165, 1.54) is 70.6 Å². The van der Waals surface area contributed by atoms with E-state index in [-0.39, 0.29) is 6.61 Å². The van der Waals surface area contributed by atoms with Gasteiger partial charge in [-0.1, -0.05) is 90.4 Å². The number of hydrogen-bond acceptors (Lipinski definition) is 4. The molecule has 0 spiro atoms. The molecule has 133 valence electrons. The van der Waals surface area contributed by atoms with Gasteiger partial charge < -0.3 is 0 Å². The number of hydrogen-bond donors (Lipinski definition) is 1. The Bertz CT molecular complexity index is 277. The largest absolute Gasteiger partial charge is 0.564 e. The maximum atomic E-state index is 10.8. The van der Waals surface area contributed by atoms with Crippen LogP contribution in [0.3, 0.4) is 0 Å². The summed E-state index contributed by atoms with van der Waals surface area (Å²) in [6, 6.07) is 0. The fraction of sp³-hybridized carbons (Fsp3) is 1.00. The molecule has 0 saturated carbocycles. The third-order valence-corrected chi connectivity index (χ3v) is 4.53. The molecule has 22 heavy (non-hydrogen) atoms. The molecule has 6 heteroatoms. The fourth-order valence-electron chi connectivity index (χ4n) is 2.49. The zero-order chi connectivity index (χ0) is 16.5. The van der Waals surface area contributed by atoms with Crippen molar-refractivity contribution in [2.75, 3.05) is 6.61 Å². The lowest BCUT2D eigenvalue weighted by molar-refractivity contribution is 0.152. The molecule has 0 rings (SSSR count). The second-order valence-corrected chi connectivity index (χ2v) is 7.17. The summed E-state index contributed by atoms with van der Waals surface area (Å²) in [6.07, 6.45) is 17.7. The molecule has 0 aromatic heterocycles. The predicted molar refractivity (Wildman–Crippen MR) is 90.3 cm³/mol. The molecule has 0 fully saturated rings. The van der Waals surface area contributed by atoms with Gasteiger partial charge in [-0.2, -0.15) is 5.90 Å². The third kappa shape index (κ3) is 16.4. The van der Waals surface area contributed by atoms with Crippen LogP contribution in [0.4, 0.5) is 0 Å². The van der Waals surface area contributed by atoms with E-state index in [0.717, 1.165) is 19.3 Å². The average molecular weight is 338 g/mol. The van der Waals surface area contributed by atoms with Crippen LogP contribution >= 0.6 is 0 Å². The van der Waals surface area contributed by atoms with Crippen molar-refractivity contribution in [1.29, 1.82) is 0 Å². The Morgan fingerprint density at radius 1 is 0.727 bits per heavy atom. The summed E-state index contributed by atoms with van der Waals surface area (Å²) in [7, 11) is -3.96. The lowest BCUT2D eigenvalue weighted by atomic mass is 10.0. The summed E-state index contributed by atoms with van der Waals surface area (Å²) >= 11 is 0. The van der Waals surface area contributed by atoms with E-state index in [2.05, 4.69) is 21.3 Å². The van der Waals surface area contributed by atoms with E-state index < -0.39 is 10.8 Å². The Hall–Kier alpha value is -0.0100. The van der Waals surface area contributed by atoms with Gasteiger partial charge in [0.2, 0.25) is 0 Å². The lowest BCUT2D eigenvalue weighted by Crippen LogP contribution is -2.20. The maximum absolute atomic E-state index is 10.8. The second-order valence-electron chi connectivity index (χ2n) is 5.92. The molecule has 5 nitrogen and oxygen atoms in total.